The summed E-state index contributed by atoms with van der Waals surface area (Å²) in [7, 11) is 0. The lowest BCUT2D eigenvalue weighted by molar-refractivity contribution is 0.0971. The van der Waals surface area contributed by atoms with Crippen LogP contribution in [-0.4, -0.2) is 29.3 Å². The zero-order chi connectivity index (χ0) is 13.3. The molecule has 2 rings (SSSR count). The van der Waals surface area contributed by atoms with Crippen LogP contribution in [0.2, 0.25) is 0 Å². The maximum atomic E-state index is 12.1. The highest BCUT2D eigenvalue weighted by Crippen LogP contribution is 2.26. The SMILES string of the molecule is CC(O)CNC1=C(Cl)C(=O)c2ccccc2C1=O. The predicted octanol–water partition coefficient (Wildman–Crippen LogP) is 1.49. The Morgan fingerprint density at radius 3 is 2.33 bits per heavy atom. The maximum absolute atomic E-state index is 12.1. The topological polar surface area (TPSA) is 66.4 Å². The molecular formula is C13H12ClNO3. The molecule has 94 valence electrons. The second-order valence-electron chi connectivity index (χ2n) is 4.12. The van der Waals surface area contributed by atoms with Gasteiger partial charge < -0.3 is 10.4 Å². The lowest BCUT2D eigenvalue weighted by Gasteiger charge is -2.19. The van der Waals surface area contributed by atoms with Gasteiger partial charge in [-0.1, -0.05) is 35.9 Å². The number of hydrogen-bond donors (Lipinski definition) is 2. The normalized spacial score (nSPS) is 16.6. The first-order chi connectivity index (χ1) is 8.52. The number of rotatable bonds is 3. The molecule has 0 spiro atoms. The molecule has 2 N–H and O–H groups in total. The van der Waals surface area contributed by atoms with Gasteiger partial charge in [-0.2, -0.15) is 0 Å². The molecule has 4 nitrogen and oxygen atoms in total. The van der Waals surface area contributed by atoms with E-state index in [1.165, 1.54) is 0 Å². The molecule has 1 atom stereocenters. The minimum Gasteiger partial charge on any atom is -0.392 e. The van der Waals surface area contributed by atoms with E-state index in [-0.39, 0.29) is 28.8 Å². The third-order valence-corrected chi connectivity index (χ3v) is 3.00. The highest BCUT2D eigenvalue weighted by Gasteiger charge is 2.30. The molecule has 0 radical (unpaired) electrons. The number of benzene rings is 1. The zero-order valence-electron chi connectivity index (χ0n) is 9.74. The molecule has 1 aliphatic rings. The van der Waals surface area contributed by atoms with Crippen molar-refractivity contribution >= 4 is 23.2 Å². The first kappa shape index (κ1) is 12.8. The average Bonchev–Trinajstić information content (AvgIpc) is 2.36. The summed E-state index contributed by atoms with van der Waals surface area (Å²) in [6, 6.07) is 6.53. The van der Waals surface area contributed by atoms with Gasteiger partial charge in [-0.15, -0.1) is 0 Å². The zero-order valence-corrected chi connectivity index (χ0v) is 10.5. The van der Waals surface area contributed by atoms with Crippen molar-refractivity contribution in [2.24, 2.45) is 0 Å². The molecular weight excluding hydrogens is 254 g/mol. The standard InChI is InChI=1S/C13H12ClNO3/c1-7(16)6-15-11-10(14)12(17)8-4-2-3-5-9(8)13(11)18/h2-5,7,15-16H,6H2,1H3. The van der Waals surface area contributed by atoms with Crippen LogP contribution in [0.1, 0.15) is 27.6 Å². The Morgan fingerprint density at radius 1 is 1.22 bits per heavy atom. The number of nitrogens with one attached hydrogen (secondary N) is 1. The Labute approximate surface area is 109 Å². The Kier molecular flexibility index (Phi) is 3.50. The van der Waals surface area contributed by atoms with Gasteiger partial charge in [0.25, 0.3) is 0 Å². The Hall–Kier alpha value is -1.65. The molecule has 18 heavy (non-hydrogen) atoms. The fraction of sp³-hybridized carbons (Fsp3) is 0.231. The second kappa shape index (κ2) is 4.92. The molecule has 0 aromatic heterocycles. The summed E-state index contributed by atoms with van der Waals surface area (Å²) in [6.45, 7) is 1.73. The van der Waals surface area contributed by atoms with Crippen LogP contribution in [0.5, 0.6) is 0 Å². The molecule has 0 heterocycles. The van der Waals surface area contributed by atoms with E-state index in [0.29, 0.717) is 11.1 Å². The number of aliphatic hydroxyl groups is 1. The first-order valence-electron chi connectivity index (χ1n) is 5.52. The molecule has 0 fully saturated rings. The number of aliphatic hydroxyl groups excluding tert-OH is 1. The molecule has 0 bridgehead atoms. The largest absolute Gasteiger partial charge is 0.392 e. The summed E-state index contributed by atoms with van der Waals surface area (Å²) < 4.78 is 0. The fourth-order valence-corrected chi connectivity index (χ4v) is 2.01. The van der Waals surface area contributed by atoms with Crippen LogP contribution < -0.4 is 5.32 Å². The molecule has 1 unspecified atom stereocenters. The lowest BCUT2D eigenvalue weighted by atomic mass is 9.92. The Balaban J connectivity index is 2.40. The van der Waals surface area contributed by atoms with Gasteiger partial charge in [0.15, 0.2) is 0 Å². The van der Waals surface area contributed by atoms with E-state index in [9.17, 15) is 14.7 Å². The van der Waals surface area contributed by atoms with Crippen molar-refractivity contribution in [3.8, 4) is 0 Å². The highest BCUT2D eigenvalue weighted by molar-refractivity contribution is 6.49. The van der Waals surface area contributed by atoms with Crippen LogP contribution in [0, 0.1) is 0 Å². The van der Waals surface area contributed by atoms with Crippen LogP contribution in [0.3, 0.4) is 0 Å². The van der Waals surface area contributed by atoms with Crippen molar-refractivity contribution < 1.29 is 14.7 Å². The van der Waals surface area contributed by atoms with E-state index in [1.807, 2.05) is 0 Å². The summed E-state index contributed by atoms with van der Waals surface area (Å²) in [6.07, 6.45) is -0.637. The van der Waals surface area contributed by atoms with Crippen LogP contribution in [0.4, 0.5) is 0 Å². The van der Waals surface area contributed by atoms with Gasteiger partial charge in [0.2, 0.25) is 11.6 Å². The quantitative estimate of drug-likeness (QED) is 0.869. The van der Waals surface area contributed by atoms with Crippen molar-refractivity contribution in [3.05, 3.63) is 46.1 Å². The number of carbonyl (C=O) groups is 2. The Morgan fingerprint density at radius 2 is 1.78 bits per heavy atom. The van der Waals surface area contributed by atoms with Gasteiger partial charge in [-0.3, -0.25) is 9.59 Å². The smallest absolute Gasteiger partial charge is 0.211 e. The van der Waals surface area contributed by atoms with Gasteiger partial charge in [0, 0.05) is 17.7 Å². The number of hydrogen-bond acceptors (Lipinski definition) is 4. The molecule has 5 heteroatoms. The van der Waals surface area contributed by atoms with E-state index in [1.54, 1.807) is 31.2 Å². The van der Waals surface area contributed by atoms with Crippen molar-refractivity contribution in [2.75, 3.05) is 6.54 Å². The van der Waals surface area contributed by atoms with Gasteiger partial charge >= 0.3 is 0 Å². The molecule has 0 saturated heterocycles. The number of allylic oxidation sites excluding steroid dienone is 2. The van der Waals surface area contributed by atoms with Gasteiger partial charge in [0.05, 0.1) is 6.10 Å². The van der Waals surface area contributed by atoms with Crippen LogP contribution in [0.15, 0.2) is 35.0 Å². The monoisotopic (exact) mass is 265 g/mol. The van der Waals surface area contributed by atoms with E-state index in [2.05, 4.69) is 5.32 Å². The summed E-state index contributed by atoms with van der Waals surface area (Å²) in [5.74, 6) is -0.698. The van der Waals surface area contributed by atoms with Crippen molar-refractivity contribution in [1.82, 2.24) is 5.32 Å². The number of ketones is 2. The second-order valence-corrected chi connectivity index (χ2v) is 4.50. The van der Waals surface area contributed by atoms with Gasteiger partial charge in [-0.05, 0) is 6.92 Å². The number of carbonyl (C=O) groups excluding carboxylic acids is 2. The molecule has 0 aliphatic heterocycles. The predicted molar refractivity (Wildman–Crippen MR) is 67.7 cm³/mol. The van der Waals surface area contributed by atoms with E-state index in [4.69, 9.17) is 11.6 Å². The Bertz CT molecular complexity index is 549. The third kappa shape index (κ3) is 2.17. The summed E-state index contributed by atoms with van der Waals surface area (Å²) >= 11 is 5.90. The molecule has 0 saturated carbocycles. The highest BCUT2D eigenvalue weighted by atomic mass is 35.5. The van der Waals surface area contributed by atoms with Crippen molar-refractivity contribution in [2.45, 2.75) is 13.0 Å². The van der Waals surface area contributed by atoms with Crippen molar-refractivity contribution in [1.29, 1.82) is 0 Å². The van der Waals surface area contributed by atoms with Crippen LogP contribution >= 0.6 is 11.6 Å². The number of fused-ring (bicyclic) bond motifs is 1. The van der Waals surface area contributed by atoms with Crippen LogP contribution in [0.25, 0.3) is 0 Å². The maximum Gasteiger partial charge on any atom is 0.211 e. The molecule has 1 aromatic rings. The minimum atomic E-state index is -0.637. The van der Waals surface area contributed by atoms with Crippen molar-refractivity contribution in [3.63, 3.8) is 0 Å². The van der Waals surface area contributed by atoms with Gasteiger partial charge in [0.1, 0.15) is 10.7 Å². The van der Waals surface area contributed by atoms with E-state index >= 15 is 0 Å². The first-order valence-corrected chi connectivity index (χ1v) is 5.90. The minimum absolute atomic E-state index is 0.0567. The fourth-order valence-electron chi connectivity index (χ4n) is 1.75. The summed E-state index contributed by atoms with van der Waals surface area (Å²) in [5, 5.41) is 11.8. The average molecular weight is 266 g/mol. The summed E-state index contributed by atoms with van der Waals surface area (Å²) in [5.41, 5.74) is 0.705. The van der Waals surface area contributed by atoms with E-state index < -0.39 is 6.10 Å². The third-order valence-electron chi connectivity index (χ3n) is 2.64. The van der Waals surface area contributed by atoms with Crippen LogP contribution in [-0.2, 0) is 0 Å². The molecule has 0 amide bonds. The number of halogens is 1. The summed E-state index contributed by atoms with van der Waals surface area (Å²) in [4.78, 5) is 24.1. The van der Waals surface area contributed by atoms with E-state index in [0.717, 1.165) is 0 Å². The van der Waals surface area contributed by atoms with Gasteiger partial charge in [-0.25, -0.2) is 0 Å². The number of Topliss-reactive ketones (excluding diaryl/α,β-unsaturated/α-hetero) is 2. The lowest BCUT2D eigenvalue weighted by Crippen LogP contribution is -2.32. The molecule has 1 aliphatic carbocycles. The molecule has 1 aromatic carbocycles.